The number of hydrogen-bond donors (Lipinski definition) is 2. The second-order valence-corrected chi connectivity index (χ2v) is 6.75. The molecule has 0 spiro atoms. The van der Waals surface area contributed by atoms with Crippen LogP contribution in [0.3, 0.4) is 0 Å². The Kier molecular flexibility index (Phi) is 4.51. The lowest BCUT2D eigenvalue weighted by Crippen LogP contribution is -2.46. The molecular formula is C17H18ClN3O4. The fourth-order valence-electron chi connectivity index (χ4n) is 3.25. The smallest absolute Gasteiger partial charge is 0.318 e. The molecule has 1 saturated heterocycles. The van der Waals surface area contributed by atoms with Gasteiger partial charge in [-0.25, -0.2) is 9.97 Å². The fraction of sp³-hybridized carbons (Fsp3) is 0.412. The number of carbonyl (C=O) groups is 2. The predicted octanol–water partition coefficient (Wildman–Crippen LogP) is 2.77. The van der Waals surface area contributed by atoms with Crippen LogP contribution in [0, 0.1) is 5.92 Å². The van der Waals surface area contributed by atoms with Gasteiger partial charge in [0.05, 0.1) is 0 Å². The number of pyridine rings is 2. The first-order valence-corrected chi connectivity index (χ1v) is 8.35. The van der Waals surface area contributed by atoms with Crippen LogP contribution in [-0.2, 0) is 9.59 Å². The van der Waals surface area contributed by atoms with Crippen molar-refractivity contribution in [2.75, 3.05) is 11.4 Å². The van der Waals surface area contributed by atoms with Crippen LogP contribution in [0.25, 0.3) is 10.8 Å². The van der Waals surface area contributed by atoms with Crippen LogP contribution in [0.2, 0.25) is 5.15 Å². The molecule has 132 valence electrons. The molecule has 0 amide bonds. The van der Waals surface area contributed by atoms with Gasteiger partial charge in [-0.15, -0.1) is 0 Å². The van der Waals surface area contributed by atoms with Gasteiger partial charge in [0.25, 0.3) is 0 Å². The predicted molar refractivity (Wildman–Crippen MR) is 93.1 cm³/mol. The Morgan fingerprint density at radius 3 is 2.44 bits per heavy atom. The van der Waals surface area contributed by atoms with E-state index in [0.717, 1.165) is 24.2 Å². The monoisotopic (exact) mass is 363 g/mol. The summed E-state index contributed by atoms with van der Waals surface area (Å²) >= 11 is 6.03. The zero-order valence-corrected chi connectivity index (χ0v) is 14.6. The second kappa shape index (κ2) is 6.48. The number of halogens is 1. The van der Waals surface area contributed by atoms with Crippen LogP contribution < -0.4 is 4.90 Å². The maximum Gasteiger partial charge on any atom is 0.318 e. The molecule has 3 heterocycles. The van der Waals surface area contributed by atoms with Gasteiger partial charge in [0, 0.05) is 36.3 Å². The van der Waals surface area contributed by atoms with Crippen LogP contribution in [0.15, 0.2) is 18.5 Å². The van der Waals surface area contributed by atoms with Crippen molar-refractivity contribution in [3.05, 3.63) is 29.2 Å². The zero-order chi connectivity index (χ0) is 18.3. The third-order valence-electron chi connectivity index (χ3n) is 4.86. The van der Waals surface area contributed by atoms with Crippen molar-refractivity contribution in [3.8, 4) is 0 Å². The molecule has 0 aliphatic carbocycles. The first kappa shape index (κ1) is 17.4. The van der Waals surface area contributed by atoms with Crippen molar-refractivity contribution in [1.29, 1.82) is 0 Å². The molecule has 1 unspecified atom stereocenters. The average molecular weight is 364 g/mol. The van der Waals surface area contributed by atoms with Crippen molar-refractivity contribution < 1.29 is 19.8 Å². The first-order chi connectivity index (χ1) is 11.8. The Hall–Kier alpha value is -2.41. The minimum absolute atomic E-state index is 0.261. The number of aromatic nitrogens is 2. The average Bonchev–Trinajstić information content (AvgIpc) is 2.52. The van der Waals surface area contributed by atoms with Gasteiger partial charge in [-0.1, -0.05) is 18.5 Å². The SMILES string of the molecule is CC(c1cnc(N2CC[C@H]2C)c2cnc(Cl)cc12)C(C(=O)O)C(=O)O. The minimum atomic E-state index is -1.56. The van der Waals surface area contributed by atoms with E-state index in [1.807, 2.05) is 0 Å². The Bertz CT molecular complexity index is 843. The Balaban J connectivity index is 2.16. The fourth-order valence-corrected chi connectivity index (χ4v) is 3.41. The van der Waals surface area contributed by atoms with Gasteiger partial charge in [0.2, 0.25) is 0 Å². The van der Waals surface area contributed by atoms with Crippen molar-refractivity contribution in [3.63, 3.8) is 0 Å². The lowest BCUT2D eigenvalue weighted by molar-refractivity contribution is -0.155. The van der Waals surface area contributed by atoms with E-state index in [0.29, 0.717) is 17.0 Å². The zero-order valence-electron chi connectivity index (χ0n) is 13.8. The van der Waals surface area contributed by atoms with Crippen LogP contribution >= 0.6 is 11.6 Å². The molecule has 2 atom stereocenters. The molecule has 1 aliphatic heterocycles. The Morgan fingerprint density at radius 2 is 1.92 bits per heavy atom. The van der Waals surface area contributed by atoms with Crippen LogP contribution in [0.4, 0.5) is 5.82 Å². The summed E-state index contributed by atoms with van der Waals surface area (Å²) in [6.07, 6.45) is 4.24. The molecule has 1 fully saturated rings. The summed E-state index contributed by atoms with van der Waals surface area (Å²) in [7, 11) is 0. The second-order valence-electron chi connectivity index (χ2n) is 6.36. The highest BCUT2D eigenvalue weighted by atomic mass is 35.5. The maximum absolute atomic E-state index is 11.4. The molecule has 2 aromatic heterocycles. The number of carboxylic acids is 2. The van der Waals surface area contributed by atoms with Crippen LogP contribution in [0.1, 0.15) is 31.7 Å². The van der Waals surface area contributed by atoms with E-state index in [-0.39, 0.29) is 5.15 Å². The topological polar surface area (TPSA) is 104 Å². The van der Waals surface area contributed by atoms with Crippen molar-refractivity contribution in [2.24, 2.45) is 5.92 Å². The molecular weight excluding hydrogens is 346 g/mol. The molecule has 0 saturated carbocycles. The van der Waals surface area contributed by atoms with Gasteiger partial charge in [-0.3, -0.25) is 9.59 Å². The largest absolute Gasteiger partial charge is 0.481 e. The number of fused-ring (bicyclic) bond motifs is 1. The van der Waals surface area contributed by atoms with Gasteiger partial charge in [-0.2, -0.15) is 0 Å². The van der Waals surface area contributed by atoms with E-state index in [1.165, 1.54) is 0 Å². The van der Waals surface area contributed by atoms with Crippen molar-refractivity contribution >= 4 is 40.1 Å². The molecule has 0 radical (unpaired) electrons. The van der Waals surface area contributed by atoms with E-state index in [4.69, 9.17) is 11.6 Å². The standard InChI is InChI=1S/C17H18ClN3O4/c1-8-3-4-21(8)15-12-7-19-13(18)5-10(12)11(6-20-15)9(2)14(16(22)23)17(24)25/h5-9,14H,3-4H2,1-2H3,(H,22,23)(H,24,25)/t8-,9?/m1/s1. The number of aliphatic carboxylic acids is 2. The van der Waals surface area contributed by atoms with E-state index >= 15 is 0 Å². The lowest BCUT2D eigenvalue weighted by Gasteiger charge is -2.40. The molecule has 2 N–H and O–H groups in total. The third-order valence-corrected chi connectivity index (χ3v) is 5.07. The minimum Gasteiger partial charge on any atom is -0.481 e. The summed E-state index contributed by atoms with van der Waals surface area (Å²) in [4.78, 5) is 33.5. The van der Waals surface area contributed by atoms with Gasteiger partial charge in [0.15, 0.2) is 5.92 Å². The summed E-state index contributed by atoms with van der Waals surface area (Å²) in [6, 6.07) is 2.00. The Labute approximate surface area is 149 Å². The first-order valence-electron chi connectivity index (χ1n) is 7.97. The van der Waals surface area contributed by atoms with E-state index in [1.54, 1.807) is 25.4 Å². The number of carboxylic acid groups (broad SMARTS) is 2. The summed E-state index contributed by atoms with van der Waals surface area (Å²) < 4.78 is 0. The molecule has 25 heavy (non-hydrogen) atoms. The van der Waals surface area contributed by atoms with Crippen molar-refractivity contribution in [1.82, 2.24) is 9.97 Å². The number of hydrogen-bond acceptors (Lipinski definition) is 5. The molecule has 7 nitrogen and oxygen atoms in total. The summed E-state index contributed by atoms with van der Waals surface area (Å²) in [5.74, 6) is -4.34. The lowest BCUT2D eigenvalue weighted by atomic mass is 9.86. The maximum atomic E-state index is 11.4. The van der Waals surface area contributed by atoms with Crippen LogP contribution in [0.5, 0.6) is 0 Å². The van der Waals surface area contributed by atoms with E-state index in [9.17, 15) is 19.8 Å². The van der Waals surface area contributed by atoms with E-state index < -0.39 is 23.8 Å². The van der Waals surface area contributed by atoms with Gasteiger partial charge in [-0.05, 0) is 30.4 Å². The highest BCUT2D eigenvalue weighted by molar-refractivity contribution is 6.30. The van der Waals surface area contributed by atoms with Gasteiger partial charge in [0.1, 0.15) is 11.0 Å². The van der Waals surface area contributed by atoms with Gasteiger partial charge < -0.3 is 15.1 Å². The Morgan fingerprint density at radius 1 is 1.24 bits per heavy atom. The highest BCUT2D eigenvalue weighted by Gasteiger charge is 2.35. The summed E-state index contributed by atoms with van der Waals surface area (Å²) in [5.41, 5.74) is 0.533. The molecule has 8 heteroatoms. The van der Waals surface area contributed by atoms with Crippen molar-refractivity contribution in [2.45, 2.75) is 32.2 Å². The highest BCUT2D eigenvalue weighted by Crippen LogP contribution is 2.37. The quantitative estimate of drug-likeness (QED) is 0.621. The van der Waals surface area contributed by atoms with E-state index in [2.05, 4.69) is 21.8 Å². The van der Waals surface area contributed by atoms with Crippen LogP contribution in [-0.4, -0.2) is 44.7 Å². The molecule has 0 aromatic carbocycles. The summed E-state index contributed by atoms with van der Waals surface area (Å²) in [5, 5.41) is 20.2. The molecule has 0 bridgehead atoms. The third kappa shape index (κ3) is 3.00. The molecule has 3 rings (SSSR count). The number of nitrogens with zero attached hydrogens (tertiary/aromatic N) is 3. The molecule has 1 aliphatic rings. The number of anilines is 1. The summed E-state index contributed by atoms with van der Waals surface area (Å²) in [6.45, 7) is 4.55. The molecule has 2 aromatic rings. The van der Waals surface area contributed by atoms with Gasteiger partial charge >= 0.3 is 11.9 Å². The normalized spacial score (nSPS) is 18.2. The number of rotatable bonds is 5.